The second-order valence-corrected chi connectivity index (χ2v) is 7.17. The van der Waals surface area contributed by atoms with Crippen LogP contribution in [0.25, 0.3) is 6.08 Å². The van der Waals surface area contributed by atoms with Gasteiger partial charge in [-0.15, -0.1) is 0 Å². The summed E-state index contributed by atoms with van der Waals surface area (Å²) in [6.07, 6.45) is 1.68. The molecule has 0 aromatic heterocycles. The molecule has 1 heterocycles. The van der Waals surface area contributed by atoms with E-state index in [1.807, 2.05) is 12.1 Å². The highest BCUT2D eigenvalue weighted by Crippen LogP contribution is 2.37. The third-order valence-electron chi connectivity index (χ3n) is 3.33. The molecule has 2 aromatic carbocycles. The van der Waals surface area contributed by atoms with E-state index in [0.29, 0.717) is 21.4 Å². The molecule has 2 aromatic rings. The number of anilines is 1. The minimum atomic E-state index is -0.362. The Morgan fingerprint density at radius 2 is 2.00 bits per heavy atom. The van der Waals surface area contributed by atoms with Gasteiger partial charge in [0, 0.05) is 5.02 Å². The van der Waals surface area contributed by atoms with E-state index in [2.05, 4.69) is 15.9 Å². The number of amides is 2. The van der Waals surface area contributed by atoms with Gasteiger partial charge in [-0.3, -0.25) is 9.59 Å². The fraction of sp³-hybridized carbons (Fsp3) is 0.0588. The lowest BCUT2D eigenvalue weighted by Crippen LogP contribution is -2.27. The molecule has 3 rings (SSSR count). The van der Waals surface area contributed by atoms with Crippen molar-refractivity contribution in [2.75, 3.05) is 12.0 Å². The molecule has 2 amide bonds. The van der Waals surface area contributed by atoms with Crippen LogP contribution in [0.15, 0.2) is 51.8 Å². The highest BCUT2D eigenvalue weighted by atomic mass is 79.9. The van der Waals surface area contributed by atoms with Crippen LogP contribution in [0.4, 0.5) is 10.5 Å². The van der Waals surface area contributed by atoms with Crippen LogP contribution in [-0.2, 0) is 4.79 Å². The van der Waals surface area contributed by atoms with Gasteiger partial charge in [0.05, 0.1) is 22.2 Å². The lowest BCUT2D eigenvalue weighted by atomic mass is 10.2. The number of carbonyl (C=O) groups excluding carboxylic acids is 2. The van der Waals surface area contributed by atoms with Gasteiger partial charge < -0.3 is 4.74 Å². The molecule has 0 spiro atoms. The maximum atomic E-state index is 12.6. The summed E-state index contributed by atoms with van der Waals surface area (Å²) in [6.45, 7) is 0. The average molecular weight is 425 g/mol. The van der Waals surface area contributed by atoms with Gasteiger partial charge in [-0.25, -0.2) is 4.90 Å². The number of benzene rings is 2. The minimum Gasteiger partial charge on any atom is -0.496 e. The molecule has 1 fully saturated rings. The normalized spacial score (nSPS) is 16.1. The summed E-state index contributed by atoms with van der Waals surface area (Å²) in [4.78, 5) is 26.3. The summed E-state index contributed by atoms with van der Waals surface area (Å²) in [5.41, 5.74) is 1.25. The number of hydrogen-bond donors (Lipinski definition) is 0. The molecule has 0 aliphatic carbocycles. The monoisotopic (exact) mass is 423 g/mol. The van der Waals surface area contributed by atoms with Gasteiger partial charge in [-0.1, -0.05) is 23.7 Å². The van der Waals surface area contributed by atoms with E-state index in [4.69, 9.17) is 16.3 Å². The van der Waals surface area contributed by atoms with Crippen LogP contribution in [-0.4, -0.2) is 18.3 Å². The van der Waals surface area contributed by atoms with E-state index < -0.39 is 0 Å². The van der Waals surface area contributed by atoms with Gasteiger partial charge >= 0.3 is 0 Å². The molecule has 4 nitrogen and oxygen atoms in total. The number of ether oxygens (including phenoxy) is 1. The van der Waals surface area contributed by atoms with Gasteiger partial charge in [0.1, 0.15) is 5.75 Å². The molecule has 1 aliphatic heterocycles. The van der Waals surface area contributed by atoms with Crippen LogP contribution in [0.1, 0.15) is 5.56 Å². The molecular weight excluding hydrogens is 414 g/mol. The Morgan fingerprint density at radius 1 is 1.21 bits per heavy atom. The number of imide groups is 1. The van der Waals surface area contributed by atoms with E-state index >= 15 is 0 Å². The van der Waals surface area contributed by atoms with Crippen molar-refractivity contribution in [1.82, 2.24) is 0 Å². The van der Waals surface area contributed by atoms with Crippen molar-refractivity contribution in [2.24, 2.45) is 0 Å². The Morgan fingerprint density at radius 3 is 2.67 bits per heavy atom. The van der Waals surface area contributed by atoms with Crippen molar-refractivity contribution in [3.63, 3.8) is 0 Å². The topological polar surface area (TPSA) is 46.6 Å². The van der Waals surface area contributed by atoms with Gasteiger partial charge in [0.2, 0.25) is 0 Å². The van der Waals surface area contributed by atoms with Crippen LogP contribution in [0.3, 0.4) is 0 Å². The highest BCUT2D eigenvalue weighted by molar-refractivity contribution is 9.10. The fourth-order valence-electron chi connectivity index (χ4n) is 2.23. The summed E-state index contributed by atoms with van der Waals surface area (Å²) in [5, 5.41) is 0.121. The molecule has 7 heteroatoms. The third-order valence-corrected chi connectivity index (χ3v) is 5.06. The van der Waals surface area contributed by atoms with Crippen LogP contribution in [0, 0.1) is 0 Å². The summed E-state index contributed by atoms with van der Waals surface area (Å²) in [7, 11) is 1.58. The summed E-state index contributed by atoms with van der Waals surface area (Å²) >= 11 is 10.2. The van der Waals surface area contributed by atoms with Gasteiger partial charge in [-0.2, -0.15) is 0 Å². The third kappa shape index (κ3) is 3.36. The molecule has 0 saturated carbocycles. The van der Waals surface area contributed by atoms with Crippen molar-refractivity contribution < 1.29 is 14.3 Å². The number of carbonyl (C=O) groups is 2. The molecule has 0 unspecified atom stereocenters. The van der Waals surface area contributed by atoms with Crippen LogP contribution < -0.4 is 9.64 Å². The average Bonchev–Trinajstić information content (AvgIpc) is 2.81. The first-order valence-electron chi connectivity index (χ1n) is 6.86. The molecule has 122 valence electrons. The van der Waals surface area contributed by atoms with E-state index in [0.717, 1.165) is 26.7 Å². The van der Waals surface area contributed by atoms with E-state index in [9.17, 15) is 9.59 Å². The molecule has 1 aliphatic rings. The first-order chi connectivity index (χ1) is 11.5. The number of thioether (sulfide) groups is 1. The van der Waals surface area contributed by atoms with Crippen LogP contribution >= 0.6 is 39.3 Å². The quantitative estimate of drug-likeness (QED) is 0.623. The Hall–Kier alpha value is -1.76. The maximum absolute atomic E-state index is 12.6. The van der Waals surface area contributed by atoms with Crippen molar-refractivity contribution in [3.05, 3.63) is 62.4 Å². The van der Waals surface area contributed by atoms with Gasteiger partial charge in [0.15, 0.2) is 0 Å². The van der Waals surface area contributed by atoms with Crippen molar-refractivity contribution >= 4 is 62.2 Å². The molecule has 0 atom stereocenters. The molecule has 0 bridgehead atoms. The zero-order chi connectivity index (χ0) is 17.3. The molecule has 24 heavy (non-hydrogen) atoms. The molecular formula is C17H11BrClNO3S. The Balaban J connectivity index is 1.92. The Bertz CT molecular complexity index is 869. The van der Waals surface area contributed by atoms with Crippen LogP contribution in [0.2, 0.25) is 5.02 Å². The second-order valence-electron chi connectivity index (χ2n) is 4.89. The summed E-state index contributed by atoms with van der Waals surface area (Å²) < 4.78 is 5.95. The summed E-state index contributed by atoms with van der Waals surface area (Å²) in [5.74, 6) is 0.332. The van der Waals surface area contributed by atoms with E-state index in [1.165, 1.54) is 0 Å². The number of nitrogens with zero attached hydrogens (tertiary/aromatic N) is 1. The zero-order valence-electron chi connectivity index (χ0n) is 12.5. The predicted molar refractivity (Wildman–Crippen MR) is 101 cm³/mol. The molecule has 0 N–H and O–H groups in total. The van der Waals surface area contributed by atoms with Gasteiger partial charge in [-0.05, 0) is 69.7 Å². The van der Waals surface area contributed by atoms with Crippen LogP contribution in [0.5, 0.6) is 5.75 Å². The number of methoxy groups -OCH3 is 1. The molecule has 0 radical (unpaired) electrons. The number of halogens is 2. The van der Waals surface area contributed by atoms with E-state index in [-0.39, 0.29) is 11.1 Å². The number of rotatable bonds is 3. The summed E-state index contributed by atoms with van der Waals surface area (Å²) in [6, 6.07) is 12.1. The fourth-order valence-corrected chi connectivity index (χ4v) is 3.81. The van der Waals surface area contributed by atoms with E-state index in [1.54, 1.807) is 43.5 Å². The number of hydrogen-bond acceptors (Lipinski definition) is 4. The van der Waals surface area contributed by atoms with Crippen molar-refractivity contribution in [2.45, 2.75) is 0 Å². The lowest BCUT2D eigenvalue weighted by molar-refractivity contribution is -0.113. The standard InChI is InChI=1S/C17H11BrClNO3S/c1-23-14-6-5-10(7-13(14)18)8-15-16(21)20(17(22)24-15)12-4-2-3-11(19)9-12/h2-9H,1H3. The SMILES string of the molecule is COc1ccc(C=C2SC(=O)N(c3cccc(Cl)c3)C2=O)cc1Br. The lowest BCUT2D eigenvalue weighted by Gasteiger charge is -2.12. The zero-order valence-corrected chi connectivity index (χ0v) is 15.6. The molecule has 1 saturated heterocycles. The largest absolute Gasteiger partial charge is 0.496 e. The maximum Gasteiger partial charge on any atom is 0.298 e. The Labute approximate surface area is 156 Å². The highest BCUT2D eigenvalue weighted by Gasteiger charge is 2.36. The first-order valence-corrected chi connectivity index (χ1v) is 8.85. The van der Waals surface area contributed by atoms with Crippen molar-refractivity contribution in [1.29, 1.82) is 0 Å². The minimum absolute atomic E-state index is 0.346. The van der Waals surface area contributed by atoms with Gasteiger partial charge in [0.25, 0.3) is 11.1 Å². The predicted octanol–water partition coefficient (Wildman–Crippen LogP) is 5.35. The Kier molecular flexibility index (Phi) is 4.99. The smallest absolute Gasteiger partial charge is 0.298 e. The van der Waals surface area contributed by atoms with Crippen molar-refractivity contribution in [3.8, 4) is 5.75 Å². The second kappa shape index (κ2) is 7.01. The first kappa shape index (κ1) is 17.1.